The maximum absolute atomic E-state index is 12.2. The summed E-state index contributed by atoms with van der Waals surface area (Å²) in [7, 11) is 0. The largest absolute Gasteiger partial charge is 0.394 e. The summed E-state index contributed by atoms with van der Waals surface area (Å²) in [6.45, 7) is 7.27. The molecular formula is C15H29N2O7. The van der Waals surface area contributed by atoms with Crippen LogP contribution in [0.15, 0.2) is 0 Å². The minimum atomic E-state index is -1.06. The van der Waals surface area contributed by atoms with E-state index in [0.29, 0.717) is 33.0 Å². The molecule has 1 atom stereocenters. The van der Waals surface area contributed by atoms with E-state index in [1.807, 2.05) is 0 Å². The molecular weight excluding hydrogens is 320 g/mol. The number of hydroxylamine groups is 2. The fraction of sp³-hybridized carbons (Fsp3) is 0.933. The molecule has 0 aliphatic carbocycles. The Bertz CT molecular complexity index is 381. The lowest BCUT2D eigenvalue weighted by atomic mass is 10.1. The van der Waals surface area contributed by atoms with Gasteiger partial charge in [-0.2, -0.15) is 0 Å². The number of amides is 1. The van der Waals surface area contributed by atoms with Crippen LogP contribution in [-0.2, 0) is 28.9 Å². The molecule has 2 N–H and O–H groups in total. The highest BCUT2D eigenvalue weighted by Crippen LogP contribution is 2.32. The van der Waals surface area contributed by atoms with E-state index in [4.69, 9.17) is 24.1 Å². The molecule has 1 saturated heterocycles. The zero-order valence-electron chi connectivity index (χ0n) is 14.7. The fourth-order valence-electron chi connectivity index (χ4n) is 2.20. The van der Waals surface area contributed by atoms with Crippen LogP contribution in [0.3, 0.4) is 0 Å². The van der Waals surface area contributed by atoms with Crippen LogP contribution in [0.25, 0.3) is 0 Å². The average Bonchev–Trinajstić information content (AvgIpc) is 2.75. The van der Waals surface area contributed by atoms with Gasteiger partial charge < -0.3 is 29.4 Å². The van der Waals surface area contributed by atoms with Crippen LogP contribution >= 0.6 is 0 Å². The van der Waals surface area contributed by atoms with Gasteiger partial charge in [-0.05, 0) is 20.8 Å². The highest BCUT2D eigenvalue weighted by atomic mass is 16.6. The Morgan fingerprint density at radius 2 is 1.71 bits per heavy atom. The van der Waals surface area contributed by atoms with Crippen molar-refractivity contribution in [2.75, 3.05) is 59.4 Å². The molecule has 1 amide bonds. The van der Waals surface area contributed by atoms with E-state index in [0.717, 1.165) is 5.06 Å². The van der Waals surface area contributed by atoms with Crippen molar-refractivity contribution in [3.63, 3.8) is 0 Å². The predicted octanol–water partition coefficient (Wildman–Crippen LogP) is -0.683. The Kier molecular flexibility index (Phi) is 9.06. The Balaban J connectivity index is 2.05. The Morgan fingerprint density at radius 3 is 2.25 bits per heavy atom. The van der Waals surface area contributed by atoms with Crippen molar-refractivity contribution < 1.29 is 34.1 Å². The van der Waals surface area contributed by atoms with E-state index < -0.39 is 11.3 Å². The Morgan fingerprint density at radius 1 is 1.12 bits per heavy atom. The highest BCUT2D eigenvalue weighted by Gasteiger charge is 2.49. The molecule has 0 bridgehead atoms. The summed E-state index contributed by atoms with van der Waals surface area (Å²) in [5, 5.41) is 24.2. The number of aliphatic hydroxyl groups is 1. The predicted molar refractivity (Wildman–Crippen MR) is 83.5 cm³/mol. The second-order valence-electron chi connectivity index (χ2n) is 6.35. The summed E-state index contributed by atoms with van der Waals surface area (Å²) in [5.74, 6) is -0.316. The molecule has 0 aromatic rings. The van der Waals surface area contributed by atoms with Gasteiger partial charge in [-0.15, -0.1) is 10.3 Å². The van der Waals surface area contributed by atoms with E-state index in [2.05, 4.69) is 5.32 Å². The van der Waals surface area contributed by atoms with Crippen molar-refractivity contribution in [3.8, 4) is 0 Å². The number of aliphatic hydroxyl groups excluding tert-OH is 1. The first-order chi connectivity index (χ1) is 11.3. The average molecular weight is 349 g/mol. The van der Waals surface area contributed by atoms with Gasteiger partial charge in [0.15, 0.2) is 5.72 Å². The van der Waals surface area contributed by atoms with Gasteiger partial charge in [-0.1, -0.05) is 0 Å². The third-order valence-electron chi connectivity index (χ3n) is 3.54. The second kappa shape index (κ2) is 10.2. The molecule has 1 heterocycles. The van der Waals surface area contributed by atoms with E-state index in [1.165, 1.54) is 0 Å². The first-order valence-electron chi connectivity index (χ1n) is 8.04. The van der Waals surface area contributed by atoms with Gasteiger partial charge in [-0.25, -0.2) is 0 Å². The highest BCUT2D eigenvalue weighted by molar-refractivity contribution is 5.77. The topological polar surface area (TPSA) is 109 Å². The third kappa shape index (κ3) is 6.98. The van der Waals surface area contributed by atoms with Crippen molar-refractivity contribution in [2.24, 2.45) is 0 Å². The lowest BCUT2D eigenvalue weighted by Gasteiger charge is -2.32. The molecule has 0 saturated carbocycles. The van der Waals surface area contributed by atoms with Gasteiger partial charge in [0, 0.05) is 0 Å². The van der Waals surface area contributed by atoms with E-state index in [1.54, 1.807) is 20.8 Å². The number of nitrogens with one attached hydrogen (secondary N) is 1. The van der Waals surface area contributed by atoms with Gasteiger partial charge >= 0.3 is 0 Å². The van der Waals surface area contributed by atoms with Crippen molar-refractivity contribution in [3.05, 3.63) is 0 Å². The number of ether oxygens (including phenoxy) is 4. The van der Waals surface area contributed by atoms with Crippen LogP contribution in [0.4, 0.5) is 0 Å². The third-order valence-corrected chi connectivity index (χ3v) is 3.54. The molecule has 0 spiro atoms. The van der Waals surface area contributed by atoms with Gasteiger partial charge in [0.1, 0.15) is 6.61 Å². The molecule has 9 heteroatoms. The van der Waals surface area contributed by atoms with Gasteiger partial charge in [0.25, 0.3) is 0 Å². The zero-order chi connectivity index (χ0) is 18.1. The van der Waals surface area contributed by atoms with E-state index in [9.17, 15) is 10.0 Å². The van der Waals surface area contributed by atoms with E-state index >= 15 is 0 Å². The maximum atomic E-state index is 12.2. The minimum absolute atomic E-state index is 0.0100. The number of rotatable bonds is 12. The lowest BCUT2D eigenvalue weighted by Crippen LogP contribution is -2.53. The summed E-state index contributed by atoms with van der Waals surface area (Å²) >= 11 is 0. The summed E-state index contributed by atoms with van der Waals surface area (Å²) in [6.07, 6.45) is 0. The van der Waals surface area contributed by atoms with Crippen LogP contribution in [0, 0.1) is 0 Å². The monoisotopic (exact) mass is 349 g/mol. The van der Waals surface area contributed by atoms with E-state index in [-0.39, 0.29) is 32.3 Å². The SMILES string of the molecule is CC1(C)COC(C)(CNC(=O)COCCOCCOCCO)N1[O]. The zero-order valence-corrected chi connectivity index (χ0v) is 14.7. The molecule has 1 aliphatic rings. The molecule has 1 rings (SSSR count). The summed E-state index contributed by atoms with van der Waals surface area (Å²) < 4.78 is 21.0. The standard InChI is InChI=1S/C15H29N2O7/c1-14(2)12-24-15(3,17(14)20)11-16-13(19)10-23-9-8-22-7-6-21-5-4-18/h18H,4-12H2,1-3H3,(H,16,19). The number of nitrogens with zero attached hydrogens (tertiary/aromatic N) is 1. The van der Waals surface area contributed by atoms with Crippen molar-refractivity contribution in [1.29, 1.82) is 0 Å². The number of hydrogen-bond donors (Lipinski definition) is 2. The smallest absolute Gasteiger partial charge is 0.246 e. The lowest BCUT2D eigenvalue weighted by molar-refractivity contribution is -0.281. The number of carbonyl (C=O) groups excluding carboxylic acids is 1. The van der Waals surface area contributed by atoms with Crippen LogP contribution in [-0.4, -0.2) is 86.7 Å². The number of hydrogen-bond acceptors (Lipinski definition) is 7. The molecule has 0 aromatic carbocycles. The Hall–Kier alpha value is -0.810. The second-order valence-corrected chi connectivity index (χ2v) is 6.35. The molecule has 24 heavy (non-hydrogen) atoms. The van der Waals surface area contributed by atoms with Crippen molar-refractivity contribution >= 4 is 5.91 Å². The first kappa shape index (κ1) is 21.2. The quantitative estimate of drug-likeness (QED) is 0.449. The summed E-state index contributed by atoms with van der Waals surface area (Å²) in [4.78, 5) is 11.7. The van der Waals surface area contributed by atoms with Crippen molar-refractivity contribution in [1.82, 2.24) is 10.4 Å². The fourth-order valence-corrected chi connectivity index (χ4v) is 2.20. The molecule has 0 aromatic heterocycles. The van der Waals surface area contributed by atoms with Gasteiger partial charge in [-0.3, -0.25) is 4.79 Å². The molecule has 1 radical (unpaired) electrons. The van der Waals surface area contributed by atoms with Crippen LogP contribution in [0.1, 0.15) is 20.8 Å². The normalized spacial score (nSPS) is 23.5. The van der Waals surface area contributed by atoms with Gasteiger partial charge in [0.2, 0.25) is 5.91 Å². The minimum Gasteiger partial charge on any atom is -0.394 e. The summed E-state index contributed by atoms with van der Waals surface area (Å²) in [6, 6.07) is 0. The van der Waals surface area contributed by atoms with Gasteiger partial charge in [0.05, 0.1) is 58.3 Å². The summed E-state index contributed by atoms with van der Waals surface area (Å²) in [5.41, 5.74) is -1.66. The molecule has 141 valence electrons. The molecule has 1 aliphatic heterocycles. The van der Waals surface area contributed by atoms with Crippen LogP contribution < -0.4 is 5.32 Å². The maximum Gasteiger partial charge on any atom is 0.246 e. The van der Waals surface area contributed by atoms with Crippen LogP contribution in [0.5, 0.6) is 0 Å². The number of carbonyl (C=O) groups is 1. The molecule has 9 nitrogen and oxygen atoms in total. The first-order valence-corrected chi connectivity index (χ1v) is 8.04. The Labute approximate surface area is 142 Å². The molecule has 1 unspecified atom stereocenters. The van der Waals surface area contributed by atoms with Crippen LogP contribution in [0.2, 0.25) is 0 Å². The van der Waals surface area contributed by atoms with Crippen molar-refractivity contribution in [2.45, 2.75) is 32.0 Å². The molecule has 1 fully saturated rings.